The molecule has 1 aromatic heterocycles. The van der Waals surface area contributed by atoms with Gasteiger partial charge in [-0.05, 0) is 37.1 Å². The summed E-state index contributed by atoms with van der Waals surface area (Å²) in [5, 5.41) is 4.91. The molecule has 0 saturated heterocycles. The second kappa shape index (κ2) is 8.30. The Kier molecular flexibility index (Phi) is 5.64. The molecule has 7 nitrogen and oxygen atoms in total. The summed E-state index contributed by atoms with van der Waals surface area (Å²) in [6.45, 7) is 0. The molecule has 1 aliphatic carbocycles. The molecule has 0 unspecified atom stereocenters. The smallest absolute Gasteiger partial charge is 0.420 e. The Morgan fingerprint density at radius 1 is 1.09 bits per heavy atom. The van der Waals surface area contributed by atoms with Crippen LogP contribution < -0.4 is 25.5 Å². The molecule has 33 heavy (non-hydrogen) atoms. The molecule has 0 radical (unpaired) electrons. The van der Waals surface area contributed by atoms with Crippen molar-refractivity contribution in [1.82, 2.24) is 5.32 Å². The van der Waals surface area contributed by atoms with Gasteiger partial charge in [-0.25, -0.2) is 9.18 Å². The third-order valence-electron chi connectivity index (χ3n) is 5.05. The molecule has 2 N–H and O–H groups in total. The normalized spacial score (nSPS) is 13.6. The predicted molar refractivity (Wildman–Crippen MR) is 111 cm³/mol. The van der Waals surface area contributed by atoms with Crippen molar-refractivity contribution in [3.05, 3.63) is 51.9 Å². The Morgan fingerprint density at radius 3 is 2.39 bits per heavy atom. The number of halogens is 4. The number of methoxy groups -OCH3 is 2. The Labute approximate surface area is 184 Å². The Balaban J connectivity index is 1.89. The van der Waals surface area contributed by atoms with Crippen LogP contribution in [-0.4, -0.2) is 26.3 Å². The van der Waals surface area contributed by atoms with Gasteiger partial charge in [-0.1, -0.05) is 0 Å². The largest absolute Gasteiger partial charge is 0.492 e. The topological polar surface area (TPSA) is 89.8 Å². The zero-order chi connectivity index (χ0) is 23.9. The first-order valence-electron chi connectivity index (χ1n) is 9.80. The lowest BCUT2D eigenvalue weighted by Crippen LogP contribution is -2.30. The summed E-state index contributed by atoms with van der Waals surface area (Å²) >= 11 is 0. The number of ether oxygens (including phenoxy) is 2. The molecule has 1 fully saturated rings. The first-order chi connectivity index (χ1) is 15.6. The van der Waals surface area contributed by atoms with Crippen LogP contribution in [0.25, 0.3) is 22.3 Å². The van der Waals surface area contributed by atoms with Crippen LogP contribution in [0.5, 0.6) is 11.5 Å². The molecule has 2 aromatic carbocycles. The van der Waals surface area contributed by atoms with E-state index in [9.17, 15) is 27.2 Å². The number of fused-ring (bicyclic) bond motifs is 1. The molecule has 2 amide bonds. The molecule has 4 rings (SSSR count). The number of urea groups is 1. The summed E-state index contributed by atoms with van der Waals surface area (Å²) in [7, 11) is 2.13. The number of carbonyl (C=O) groups excluding carboxylic acids is 1. The van der Waals surface area contributed by atoms with Crippen molar-refractivity contribution in [3.63, 3.8) is 0 Å². The lowest BCUT2D eigenvalue weighted by atomic mass is 10.1. The van der Waals surface area contributed by atoms with Crippen molar-refractivity contribution in [1.29, 1.82) is 0 Å². The molecule has 3 aromatic rings. The van der Waals surface area contributed by atoms with Gasteiger partial charge >= 0.3 is 12.2 Å². The van der Waals surface area contributed by atoms with Gasteiger partial charge in [0, 0.05) is 17.7 Å². The van der Waals surface area contributed by atoms with Gasteiger partial charge in [-0.2, -0.15) is 13.2 Å². The third kappa shape index (κ3) is 4.43. The van der Waals surface area contributed by atoms with Crippen LogP contribution in [0, 0.1) is 5.82 Å². The van der Waals surface area contributed by atoms with Gasteiger partial charge in [0.1, 0.15) is 28.1 Å². The predicted octanol–water partition coefficient (Wildman–Crippen LogP) is 4.92. The number of hydrogen-bond donors (Lipinski definition) is 2. The minimum absolute atomic E-state index is 0.0211. The van der Waals surface area contributed by atoms with Crippen molar-refractivity contribution >= 4 is 22.7 Å². The molecule has 1 saturated carbocycles. The van der Waals surface area contributed by atoms with Gasteiger partial charge in [0.05, 0.1) is 19.9 Å². The van der Waals surface area contributed by atoms with Gasteiger partial charge in [-0.15, -0.1) is 0 Å². The summed E-state index contributed by atoms with van der Waals surface area (Å²) in [6.07, 6.45) is -3.17. The fraction of sp³-hybridized carbons (Fsp3) is 0.273. The van der Waals surface area contributed by atoms with Crippen molar-refractivity contribution < 1.29 is 36.2 Å². The van der Waals surface area contributed by atoms with Gasteiger partial charge in [0.25, 0.3) is 0 Å². The molecular formula is C22H18F4N2O5. The number of rotatable bonds is 5. The monoisotopic (exact) mass is 466 g/mol. The van der Waals surface area contributed by atoms with E-state index in [0.29, 0.717) is 6.07 Å². The van der Waals surface area contributed by atoms with Crippen molar-refractivity contribution in [2.45, 2.75) is 25.1 Å². The van der Waals surface area contributed by atoms with Gasteiger partial charge in [-0.3, -0.25) is 4.79 Å². The van der Waals surface area contributed by atoms with E-state index < -0.39 is 46.1 Å². The highest BCUT2D eigenvalue weighted by molar-refractivity contribution is 5.95. The average Bonchev–Trinajstić information content (AvgIpc) is 3.55. The molecular weight excluding hydrogens is 448 g/mol. The molecule has 0 aliphatic heterocycles. The van der Waals surface area contributed by atoms with Crippen LogP contribution in [0.15, 0.2) is 39.5 Å². The number of anilines is 1. The minimum atomic E-state index is -4.83. The van der Waals surface area contributed by atoms with E-state index in [1.807, 2.05) is 0 Å². The summed E-state index contributed by atoms with van der Waals surface area (Å²) in [5.41, 5.74) is -2.25. The second-order valence-corrected chi connectivity index (χ2v) is 7.40. The number of alkyl halides is 3. The molecule has 1 heterocycles. The van der Waals surface area contributed by atoms with Crippen molar-refractivity contribution in [2.24, 2.45) is 0 Å². The van der Waals surface area contributed by atoms with E-state index in [1.54, 1.807) is 0 Å². The van der Waals surface area contributed by atoms with E-state index in [4.69, 9.17) is 13.9 Å². The number of nitrogens with one attached hydrogen (secondary N) is 2. The Bertz CT molecular complexity index is 1300. The lowest BCUT2D eigenvalue weighted by Gasteiger charge is -2.17. The first kappa shape index (κ1) is 22.4. The van der Waals surface area contributed by atoms with E-state index >= 15 is 0 Å². The SMILES string of the molecule is COc1c(C(F)(F)F)cc2oc(-c3ccc(F)cc3NC(=O)NC3CC3)cc(=O)c2c1OC. The van der Waals surface area contributed by atoms with Gasteiger partial charge in [0.2, 0.25) is 0 Å². The maximum atomic E-state index is 13.9. The lowest BCUT2D eigenvalue weighted by molar-refractivity contribution is -0.138. The quantitative estimate of drug-likeness (QED) is 0.521. The minimum Gasteiger partial charge on any atom is -0.492 e. The maximum absolute atomic E-state index is 13.9. The number of amides is 2. The van der Waals surface area contributed by atoms with E-state index in [-0.39, 0.29) is 28.4 Å². The van der Waals surface area contributed by atoms with Crippen LogP contribution in [0.1, 0.15) is 18.4 Å². The van der Waals surface area contributed by atoms with E-state index in [2.05, 4.69) is 10.6 Å². The van der Waals surface area contributed by atoms with Crippen molar-refractivity contribution in [2.75, 3.05) is 19.5 Å². The fourth-order valence-electron chi connectivity index (χ4n) is 3.42. The molecule has 1 aliphatic rings. The number of benzene rings is 2. The number of hydrogen-bond acceptors (Lipinski definition) is 5. The van der Waals surface area contributed by atoms with E-state index in [1.165, 1.54) is 6.07 Å². The molecule has 0 bridgehead atoms. The van der Waals surface area contributed by atoms with Crippen LogP contribution in [0.4, 0.5) is 28.0 Å². The Morgan fingerprint density at radius 2 is 1.79 bits per heavy atom. The highest BCUT2D eigenvalue weighted by Crippen LogP contribution is 2.45. The molecule has 174 valence electrons. The fourth-order valence-corrected chi connectivity index (χ4v) is 3.42. The van der Waals surface area contributed by atoms with Crippen LogP contribution in [0.3, 0.4) is 0 Å². The summed E-state index contributed by atoms with van der Waals surface area (Å²) in [6, 6.07) is 4.44. The van der Waals surface area contributed by atoms with E-state index in [0.717, 1.165) is 45.3 Å². The summed E-state index contributed by atoms with van der Waals surface area (Å²) < 4.78 is 70.2. The summed E-state index contributed by atoms with van der Waals surface area (Å²) in [4.78, 5) is 25.0. The highest BCUT2D eigenvalue weighted by atomic mass is 19.4. The third-order valence-corrected chi connectivity index (χ3v) is 5.05. The first-order valence-corrected chi connectivity index (χ1v) is 9.80. The standard InChI is InChI=1S/C22H18F4N2O5/c1-31-19-13(22(24,25)26)8-17-18(20(19)32-2)15(29)9-16(33-17)12-6-3-10(23)7-14(12)28-21(30)27-11-4-5-11/h3,6-9,11H,4-5H2,1-2H3,(H2,27,28,30). The number of carbonyl (C=O) groups is 1. The summed E-state index contributed by atoms with van der Waals surface area (Å²) in [5.74, 6) is -1.92. The van der Waals surface area contributed by atoms with Crippen molar-refractivity contribution in [3.8, 4) is 22.8 Å². The Hall–Kier alpha value is -3.76. The average molecular weight is 466 g/mol. The van der Waals surface area contributed by atoms with Gasteiger partial charge < -0.3 is 24.5 Å². The maximum Gasteiger partial charge on any atom is 0.420 e. The van der Waals surface area contributed by atoms with Crippen LogP contribution >= 0.6 is 0 Å². The van der Waals surface area contributed by atoms with Crippen LogP contribution in [-0.2, 0) is 6.18 Å². The van der Waals surface area contributed by atoms with Crippen LogP contribution in [0.2, 0.25) is 0 Å². The van der Waals surface area contributed by atoms with Gasteiger partial charge in [0.15, 0.2) is 16.9 Å². The molecule has 0 spiro atoms. The zero-order valence-electron chi connectivity index (χ0n) is 17.4. The molecule has 11 heteroatoms. The molecule has 0 atom stereocenters. The highest BCUT2D eigenvalue weighted by Gasteiger charge is 2.38. The zero-order valence-corrected chi connectivity index (χ0v) is 17.4. The second-order valence-electron chi connectivity index (χ2n) is 7.40.